The summed E-state index contributed by atoms with van der Waals surface area (Å²) in [6.45, 7) is 1.87. The molecule has 1 saturated heterocycles. The molecule has 6 heteroatoms. The van der Waals surface area contributed by atoms with Gasteiger partial charge in [0.1, 0.15) is 6.61 Å². The Morgan fingerprint density at radius 3 is 2.77 bits per heavy atom. The van der Waals surface area contributed by atoms with Crippen LogP contribution in [0.15, 0.2) is 79.1 Å². The number of carbonyl (C=O) groups excluding carboxylic acids is 1. The number of aromatic nitrogens is 2. The Bertz CT molecular complexity index is 1310. The van der Waals surface area contributed by atoms with Crippen molar-refractivity contribution >= 4 is 16.8 Å². The summed E-state index contributed by atoms with van der Waals surface area (Å²) in [4.78, 5) is 24.0. The molecular weight excluding hydrogens is 438 g/mol. The fourth-order valence-electron chi connectivity index (χ4n) is 4.74. The maximum atomic E-state index is 13.3. The Morgan fingerprint density at radius 1 is 1.00 bits per heavy atom. The van der Waals surface area contributed by atoms with E-state index in [1.807, 2.05) is 41.4 Å². The van der Waals surface area contributed by atoms with E-state index in [1.54, 1.807) is 25.4 Å². The van der Waals surface area contributed by atoms with Crippen molar-refractivity contribution in [2.24, 2.45) is 5.92 Å². The summed E-state index contributed by atoms with van der Waals surface area (Å²) >= 11 is 0. The third-order valence-corrected chi connectivity index (χ3v) is 6.51. The average Bonchev–Trinajstić information content (AvgIpc) is 2.92. The Labute approximate surface area is 205 Å². The van der Waals surface area contributed by atoms with Crippen LogP contribution in [-0.4, -0.2) is 41.0 Å². The molecule has 0 N–H and O–H groups in total. The third-order valence-electron chi connectivity index (χ3n) is 6.51. The van der Waals surface area contributed by atoms with Crippen LogP contribution in [0.2, 0.25) is 0 Å². The van der Waals surface area contributed by atoms with Crippen LogP contribution in [0.25, 0.3) is 10.9 Å². The standard InChI is InChI=1S/C29H29N3O3/c1-34-28-18-24(10-12-27(28)35-20-25-8-2-3-13-30-25)29(33)32-15-5-6-22(19-32)16-21-9-11-26-23(17-21)7-4-14-31-26/h2-4,7-14,17-18,22H,5-6,15-16,19-20H2,1H3/t22-/m1/s1. The summed E-state index contributed by atoms with van der Waals surface area (Å²) in [6, 6.07) is 21.6. The number of benzene rings is 2. The first-order valence-corrected chi connectivity index (χ1v) is 12.0. The van der Waals surface area contributed by atoms with Crippen molar-refractivity contribution < 1.29 is 14.3 Å². The Hall–Kier alpha value is -3.93. The molecule has 2 aromatic carbocycles. The summed E-state index contributed by atoms with van der Waals surface area (Å²) in [6.07, 6.45) is 6.65. The number of hydrogen-bond acceptors (Lipinski definition) is 5. The summed E-state index contributed by atoms with van der Waals surface area (Å²) in [5, 5.41) is 1.16. The Morgan fingerprint density at radius 2 is 1.91 bits per heavy atom. The summed E-state index contributed by atoms with van der Waals surface area (Å²) in [5.41, 5.74) is 3.75. The minimum absolute atomic E-state index is 0.0342. The van der Waals surface area contributed by atoms with E-state index in [2.05, 4.69) is 34.2 Å². The quantitative estimate of drug-likeness (QED) is 0.368. The maximum absolute atomic E-state index is 13.3. The zero-order chi connectivity index (χ0) is 24.0. The largest absolute Gasteiger partial charge is 0.493 e. The molecule has 5 rings (SSSR count). The lowest BCUT2D eigenvalue weighted by molar-refractivity contribution is 0.0673. The van der Waals surface area contributed by atoms with E-state index in [-0.39, 0.29) is 5.91 Å². The maximum Gasteiger partial charge on any atom is 0.254 e. The first kappa shape index (κ1) is 22.8. The molecule has 4 aromatic rings. The van der Waals surface area contributed by atoms with E-state index in [9.17, 15) is 4.79 Å². The van der Waals surface area contributed by atoms with Gasteiger partial charge in [-0.1, -0.05) is 18.2 Å². The minimum atomic E-state index is 0.0342. The van der Waals surface area contributed by atoms with Gasteiger partial charge in [-0.2, -0.15) is 0 Å². The van der Waals surface area contributed by atoms with Crippen molar-refractivity contribution in [1.29, 1.82) is 0 Å². The lowest BCUT2D eigenvalue weighted by atomic mass is 9.90. The van der Waals surface area contributed by atoms with Crippen LogP contribution in [0.4, 0.5) is 0 Å². The minimum Gasteiger partial charge on any atom is -0.493 e. The second-order valence-electron chi connectivity index (χ2n) is 8.97. The molecule has 1 amide bonds. The van der Waals surface area contributed by atoms with Gasteiger partial charge in [0, 0.05) is 36.4 Å². The highest BCUT2D eigenvalue weighted by molar-refractivity contribution is 5.95. The zero-order valence-corrected chi connectivity index (χ0v) is 19.9. The van der Waals surface area contributed by atoms with Gasteiger partial charge in [0.15, 0.2) is 11.5 Å². The van der Waals surface area contributed by atoms with E-state index >= 15 is 0 Å². The smallest absolute Gasteiger partial charge is 0.254 e. The number of nitrogens with zero attached hydrogens (tertiary/aromatic N) is 3. The van der Waals surface area contributed by atoms with E-state index in [4.69, 9.17) is 9.47 Å². The number of likely N-dealkylation sites (tertiary alicyclic amines) is 1. The third kappa shape index (κ3) is 5.43. The first-order valence-electron chi connectivity index (χ1n) is 12.0. The number of amides is 1. The fraction of sp³-hybridized carbons (Fsp3) is 0.276. The van der Waals surface area contributed by atoms with Gasteiger partial charge in [-0.15, -0.1) is 0 Å². The molecule has 3 heterocycles. The number of fused-ring (bicyclic) bond motifs is 1. The van der Waals surface area contributed by atoms with E-state index < -0.39 is 0 Å². The van der Waals surface area contributed by atoms with Gasteiger partial charge >= 0.3 is 0 Å². The van der Waals surface area contributed by atoms with Crippen molar-refractivity contribution in [3.8, 4) is 11.5 Å². The molecule has 0 radical (unpaired) electrons. The van der Waals surface area contributed by atoms with Crippen molar-refractivity contribution in [2.75, 3.05) is 20.2 Å². The fourth-order valence-corrected chi connectivity index (χ4v) is 4.74. The highest BCUT2D eigenvalue weighted by Gasteiger charge is 2.25. The Kier molecular flexibility index (Phi) is 6.89. The lowest BCUT2D eigenvalue weighted by Gasteiger charge is -2.33. The number of hydrogen-bond donors (Lipinski definition) is 0. The Balaban J connectivity index is 1.24. The molecule has 178 valence electrons. The molecule has 0 aliphatic carbocycles. The second kappa shape index (κ2) is 10.6. The van der Waals surface area contributed by atoms with Gasteiger partial charge in [0.05, 0.1) is 18.3 Å². The van der Waals surface area contributed by atoms with Gasteiger partial charge in [0.25, 0.3) is 5.91 Å². The molecule has 0 saturated carbocycles. The number of piperidine rings is 1. The lowest BCUT2D eigenvalue weighted by Crippen LogP contribution is -2.40. The van der Waals surface area contributed by atoms with Gasteiger partial charge in [-0.25, -0.2) is 0 Å². The van der Waals surface area contributed by atoms with Crippen LogP contribution in [0.3, 0.4) is 0 Å². The SMILES string of the molecule is COc1cc(C(=O)N2CCC[C@H](Cc3ccc4ncccc4c3)C2)ccc1OCc1ccccn1. The molecule has 1 atom stereocenters. The average molecular weight is 468 g/mol. The number of methoxy groups -OCH3 is 1. The molecular formula is C29H29N3O3. The molecule has 1 aliphatic rings. The molecule has 0 spiro atoms. The summed E-state index contributed by atoms with van der Waals surface area (Å²) < 4.78 is 11.4. The number of pyridine rings is 2. The second-order valence-corrected chi connectivity index (χ2v) is 8.97. The van der Waals surface area contributed by atoms with Gasteiger partial charge in [-0.05, 0) is 79.3 Å². The van der Waals surface area contributed by atoms with Crippen molar-refractivity contribution in [1.82, 2.24) is 14.9 Å². The van der Waals surface area contributed by atoms with Crippen molar-refractivity contribution in [3.63, 3.8) is 0 Å². The predicted molar refractivity (Wildman–Crippen MR) is 136 cm³/mol. The van der Waals surface area contributed by atoms with Gasteiger partial charge in [-0.3, -0.25) is 14.8 Å². The van der Waals surface area contributed by atoms with Crippen LogP contribution in [0.5, 0.6) is 11.5 Å². The molecule has 1 fully saturated rings. The van der Waals surface area contributed by atoms with Crippen molar-refractivity contribution in [3.05, 3.63) is 95.9 Å². The van der Waals surface area contributed by atoms with Gasteiger partial charge < -0.3 is 14.4 Å². The van der Waals surface area contributed by atoms with Crippen LogP contribution in [-0.2, 0) is 13.0 Å². The van der Waals surface area contributed by atoms with Crippen LogP contribution in [0, 0.1) is 5.92 Å². The van der Waals surface area contributed by atoms with Crippen LogP contribution < -0.4 is 9.47 Å². The summed E-state index contributed by atoms with van der Waals surface area (Å²) in [5.74, 6) is 1.61. The van der Waals surface area contributed by atoms with Crippen molar-refractivity contribution in [2.45, 2.75) is 25.9 Å². The predicted octanol–water partition coefficient (Wildman–Crippen LogP) is 5.31. The van der Waals surface area contributed by atoms with Crippen LogP contribution >= 0.6 is 0 Å². The molecule has 6 nitrogen and oxygen atoms in total. The first-order chi connectivity index (χ1) is 17.2. The summed E-state index contributed by atoms with van der Waals surface area (Å²) in [7, 11) is 1.59. The van der Waals surface area contributed by atoms with Gasteiger partial charge in [0.2, 0.25) is 0 Å². The topological polar surface area (TPSA) is 64.5 Å². The number of carbonyl (C=O) groups is 1. The highest BCUT2D eigenvalue weighted by atomic mass is 16.5. The highest BCUT2D eigenvalue weighted by Crippen LogP contribution is 2.30. The van der Waals surface area contributed by atoms with E-state index in [1.165, 1.54) is 5.56 Å². The molecule has 0 bridgehead atoms. The molecule has 1 aliphatic heterocycles. The monoisotopic (exact) mass is 467 g/mol. The molecule has 2 aromatic heterocycles. The van der Waals surface area contributed by atoms with Crippen LogP contribution in [0.1, 0.15) is 34.5 Å². The molecule has 35 heavy (non-hydrogen) atoms. The number of ether oxygens (including phenoxy) is 2. The molecule has 0 unspecified atom stereocenters. The van der Waals surface area contributed by atoms with E-state index in [0.29, 0.717) is 29.6 Å². The number of rotatable bonds is 7. The zero-order valence-electron chi connectivity index (χ0n) is 19.9. The van der Waals surface area contributed by atoms with E-state index in [0.717, 1.165) is 48.9 Å². The normalized spacial score (nSPS) is 15.7.